The van der Waals surface area contributed by atoms with E-state index in [1.807, 2.05) is 49.4 Å². The second-order valence-corrected chi connectivity index (χ2v) is 5.70. The summed E-state index contributed by atoms with van der Waals surface area (Å²) < 4.78 is 0. The van der Waals surface area contributed by atoms with E-state index < -0.39 is 0 Å². The van der Waals surface area contributed by atoms with Crippen molar-refractivity contribution in [1.29, 1.82) is 0 Å². The highest BCUT2D eigenvalue weighted by atomic mass is 16.3. The highest BCUT2D eigenvalue weighted by molar-refractivity contribution is 5.95. The van der Waals surface area contributed by atoms with Crippen LogP contribution in [-0.4, -0.2) is 34.1 Å². The van der Waals surface area contributed by atoms with Crippen LogP contribution in [0.5, 0.6) is 11.5 Å². The fourth-order valence-electron chi connectivity index (χ4n) is 2.42. The molecule has 0 aromatic heterocycles. The molecule has 0 radical (unpaired) electrons. The van der Waals surface area contributed by atoms with Crippen LogP contribution in [0.2, 0.25) is 0 Å². The molecule has 4 heteroatoms. The molecule has 0 spiro atoms. The minimum absolute atomic E-state index is 0.0744. The Morgan fingerprint density at radius 1 is 1.12 bits per heavy atom. The first-order chi connectivity index (χ1) is 11.5. The number of benzene rings is 2. The van der Waals surface area contributed by atoms with Gasteiger partial charge in [0, 0.05) is 24.2 Å². The molecule has 126 valence electrons. The van der Waals surface area contributed by atoms with Crippen LogP contribution in [0.4, 0.5) is 0 Å². The maximum absolute atomic E-state index is 12.7. The van der Waals surface area contributed by atoms with E-state index in [1.54, 1.807) is 11.8 Å². The van der Waals surface area contributed by atoms with Crippen molar-refractivity contribution < 1.29 is 15.0 Å². The second kappa shape index (κ2) is 8.20. The van der Waals surface area contributed by atoms with Crippen LogP contribution < -0.4 is 0 Å². The molecular formula is C20H23NO3. The van der Waals surface area contributed by atoms with Crippen molar-refractivity contribution in [3.05, 3.63) is 65.2 Å². The maximum atomic E-state index is 12.7. The first-order valence-corrected chi connectivity index (χ1v) is 8.06. The molecule has 0 saturated carbocycles. The Bertz CT molecular complexity index is 700. The van der Waals surface area contributed by atoms with Crippen LogP contribution in [0.3, 0.4) is 0 Å². The highest BCUT2D eigenvalue weighted by Gasteiger charge is 2.17. The summed E-state index contributed by atoms with van der Waals surface area (Å²) in [5.41, 5.74) is 1.74. The Balaban J connectivity index is 2.14. The number of aromatic hydroxyl groups is 2. The average molecular weight is 325 g/mol. The lowest BCUT2D eigenvalue weighted by atomic mass is 10.1. The summed E-state index contributed by atoms with van der Waals surface area (Å²) in [6.45, 7) is 4.68. The van der Waals surface area contributed by atoms with E-state index in [0.29, 0.717) is 18.7 Å². The summed E-state index contributed by atoms with van der Waals surface area (Å²) in [5, 5.41) is 19.6. The zero-order valence-electron chi connectivity index (χ0n) is 14.1. The molecule has 24 heavy (non-hydrogen) atoms. The van der Waals surface area contributed by atoms with Gasteiger partial charge in [0.15, 0.2) is 0 Å². The van der Waals surface area contributed by atoms with Crippen LogP contribution >= 0.6 is 0 Å². The van der Waals surface area contributed by atoms with Gasteiger partial charge in [-0.15, -0.1) is 0 Å². The second-order valence-electron chi connectivity index (χ2n) is 5.70. The maximum Gasteiger partial charge on any atom is 0.254 e. The molecular weight excluding hydrogens is 302 g/mol. The van der Waals surface area contributed by atoms with Gasteiger partial charge in [0.1, 0.15) is 11.5 Å². The van der Waals surface area contributed by atoms with Crippen LogP contribution in [0, 0.1) is 6.92 Å². The van der Waals surface area contributed by atoms with Crippen molar-refractivity contribution in [3.8, 4) is 11.5 Å². The van der Waals surface area contributed by atoms with Gasteiger partial charge in [0.25, 0.3) is 5.91 Å². The first-order valence-electron chi connectivity index (χ1n) is 8.06. The van der Waals surface area contributed by atoms with Crippen LogP contribution in [0.15, 0.2) is 48.5 Å². The summed E-state index contributed by atoms with van der Waals surface area (Å²) in [6.07, 6.45) is 4.74. The summed E-state index contributed by atoms with van der Waals surface area (Å²) >= 11 is 0. The number of amides is 1. The first kappa shape index (κ1) is 17.6. The molecule has 2 aromatic rings. The number of hydrogen-bond acceptors (Lipinski definition) is 3. The highest BCUT2D eigenvalue weighted by Crippen LogP contribution is 2.28. The molecule has 0 bridgehead atoms. The number of carbonyl (C=O) groups excluding carboxylic acids is 1. The monoisotopic (exact) mass is 325 g/mol. The van der Waals surface area contributed by atoms with Gasteiger partial charge in [0.2, 0.25) is 0 Å². The molecule has 0 heterocycles. The largest absolute Gasteiger partial charge is 0.508 e. The number of phenolic OH excluding ortho intramolecular Hbond substituents is 2. The average Bonchev–Trinajstić information content (AvgIpc) is 2.59. The number of hydrogen-bond donors (Lipinski definition) is 2. The van der Waals surface area contributed by atoms with E-state index in [9.17, 15) is 15.0 Å². The minimum atomic E-state index is -0.208. The fraction of sp³-hybridized carbons (Fsp3) is 0.250. The number of phenols is 2. The lowest BCUT2D eigenvalue weighted by molar-refractivity contribution is 0.0773. The molecule has 2 rings (SSSR count). The molecule has 0 unspecified atom stereocenters. The summed E-state index contributed by atoms with van der Waals surface area (Å²) in [5.74, 6) is -0.357. The molecule has 0 saturated heterocycles. The van der Waals surface area contributed by atoms with Crippen molar-refractivity contribution in [2.24, 2.45) is 0 Å². The van der Waals surface area contributed by atoms with E-state index >= 15 is 0 Å². The van der Waals surface area contributed by atoms with E-state index in [1.165, 1.54) is 12.1 Å². The normalized spacial score (nSPS) is 10.9. The third-order valence-corrected chi connectivity index (χ3v) is 3.82. The Hall–Kier alpha value is -2.75. The van der Waals surface area contributed by atoms with Gasteiger partial charge in [-0.2, -0.15) is 0 Å². The molecule has 4 nitrogen and oxygen atoms in total. The van der Waals surface area contributed by atoms with Crippen molar-refractivity contribution in [3.63, 3.8) is 0 Å². The molecule has 0 aliphatic carbocycles. The third kappa shape index (κ3) is 4.38. The fourth-order valence-corrected chi connectivity index (χ4v) is 2.42. The summed E-state index contributed by atoms with van der Waals surface area (Å²) in [4.78, 5) is 14.4. The summed E-state index contributed by atoms with van der Waals surface area (Å²) in [7, 11) is 0. The van der Waals surface area contributed by atoms with Gasteiger partial charge in [-0.25, -0.2) is 0 Å². The Labute approximate surface area is 142 Å². The number of rotatable bonds is 6. The lowest BCUT2D eigenvalue weighted by Crippen LogP contribution is -2.31. The molecule has 0 aliphatic heterocycles. The molecule has 1 amide bonds. The quantitative estimate of drug-likeness (QED) is 0.845. The standard InChI is InChI=1S/C20H23NO3/c1-3-11-21(12-7-10-16-8-5-4-6-9-16)20(24)17-13-18(22)15(2)19(23)14-17/h4-10,13-14,22-23H,3,11-12H2,1-2H3. The van der Waals surface area contributed by atoms with Gasteiger partial charge < -0.3 is 15.1 Å². The topological polar surface area (TPSA) is 60.8 Å². The van der Waals surface area contributed by atoms with Gasteiger partial charge in [0.05, 0.1) is 0 Å². The van der Waals surface area contributed by atoms with E-state index in [2.05, 4.69) is 0 Å². The third-order valence-electron chi connectivity index (χ3n) is 3.82. The molecule has 0 atom stereocenters. The van der Waals surface area contributed by atoms with Gasteiger partial charge in [-0.3, -0.25) is 4.79 Å². The Morgan fingerprint density at radius 3 is 2.33 bits per heavy atom. The Kier molecular flexibility index (Phi) is 6.01. The zero-order valence-corrected chi connectivity index (χ0v) is 14.1. The van der Waals surface area contributed by atoms with Crippen molar-refractivity contribution in [1.82, 2.24) is 4.90 Å². The molecule has 2 N–H and O–H groups in total. The van der Waals surface area contributed by atoms with Crippen LogP contribution in [0.1, 0.15) is 34.8 Å². The van der Waals surface area contributed by atoms with E-state index in [4.69, 9.17) is 0 Å². The number of nitrogens with zero attached hydrogens (tertiary/aromatic N) is 1. The summed E-state index contributed by atoms with van der Waals surface area (Å²) in [6, 6.07) is 12.7. The zero-order chi connectivity index (χ0) is 17.5. The SMILES string of the molecule is CCCN(CC=Cc1ccccc1)C(=O)c1cc(O)c(C)c(O)c1. The predicted octanol–water partition coefficient (Wildman–Crippen LogP) is 3.97. The smallest absolute Gasteiger partial charge is 0.254 e. The molecule has 0 fully saturated rings. The van der Waals surface area contributed by atoms with Crippen LogP contribution in [-0.2, 0) is 0 Å². The van der Waals surface area contributed by atoms with Gasteiger partial charge in [-0.1, -0.05) is 49.4 Å². The van der Waals surface area contributed by atoms with Gasteiger partial charge in [-0.05, 0) is 31.0 Å². The minimum Gasteiger partial charge on any atom is -0.508 e. The van der Waals surface area contributed by atoms with Crippen molar-refractivity contribution in [2.75, 3.05) is 13.1 Å². The predicted molar refractivity (Wildman–Crippen MR) is 96.2 cm³/mol. The number of carbonyl (C=O) groups is 1. The molecule has 0 aliphatic rings. The van der Waals surface area contributed by atoms with E-state index in [-0.39, 0.29) is 23.0 Å². The van der Waals surface area contributed by atoms with Crippen molar-refractivity contribution >= 4 is 12.0 Å². The molecule has 2 aromatic carbocycles. The van der Waals surface area contributed by atoms with Crippen molar-refractivity contribution in [2.45, 2.75) is 20.3 Å². The van der Waals surface area contributed by atoms with Gasteiger partial charge >= 0.3 is 0 Å². The lowest BCUT2D eigenvalue weighted by Gasteiger charge is -2.21. The van der Waals surface area contributed by atoms with Crippen LogP contribution in [0.25, 0.3) is 6.08 Å². The Morgan fingerprint density at radius 2 is 1.75 bits per heavy atom. The van der Waals surface area contributed by atoms with E-state index in [0.717, 1.165) is 12.0 Å².